The summed E-state index contributed by atoms with van der Waals surface area (Å²) in [7, 11) is 0. The van der Waals surface area contributed by atoms with Crippen molar-refractivity contribution < 1.29 is 9.47 Å². The van der Waals surface area contributed by atoms with Gasteiger partial charge >= 0.3 is 0 Å². The van der Waals surface area contributed by atoms with Crippen molar-refractivity contribution in [1.82, 2.24) is 20.6 Å². The lowest BCUT2D eigenvalue weighted by Crippen LogP contribution is -2.31. The smallest absolute Gasteiger partial charge is 0.209 e. The van der Waals surface area contributed by atoms with Crippen molar-refractivity contribution in [2.75, 3.05) is 36.9 Å². The fraction of sp³-hybridized carbons (Fsp3) is 0.138. The second-order valence-corrected chi connectivity index (χ2v) is 9.34. The second-order valence-electron chi connectivity index (χ2n) is 8.06. The molecule has 13 heteroatoms. The van der Waals surface area contributed by atoms with Gasteiger partial charge in [-0.25, -0.2) is 4.99 Å². The molecule has 0 saturated heterocycles. The molecule has 42 heavy (non-hydrogen) atoms. The molecule has 4 rings (SSSR count). The summed E-state index contributed by atoms with van der Waals surface area (Å²) in [5, 5.41) is 22.2. The Morgan fingerprint density at radius 3 is 1.88 bits per heavy atom. The van der Waals surface area contributed by atoms with E-state index in [2.05, 4.69) is 36.2 Å². The molecule has 0 bridgehead atoms. The van der Waals surface area contributed by atoms with E-state index in [9.17, 15) is 0 Å². The Hall–Kier alpha value is -4.63. The van der Waals surface area contributed by atoms with Crippen LogP contribution in [0.2, 0.25) is 10.0 Å². The van der Waals surface area contributed by atoms with Gasteiger partial charge in [0.05, 0.1) is 36.9 Å². The van der Waals surface area contributed by atoms with Crippen LogP contribution in [0.15, 0.2) is 103 Å². The molecule has 2 aromatic heterocycles. The van der Waals surface area contributed by atoms with E-state index < -0.39 is 0 Å². The Kier molecular flexibility index (Phi) is 14.2. The van der Waals surface area contributed by atoms with Crippen molar-refractivity contribution in [2.24, 2.45) is 4.99 Å². The number of nitriles is 1. The van der Waals surface area contributed by atoms with E-state index in [4.69, 9.17) is 50.2 Å². The van der Waals surface area contributed by atoms with Gasteiger partial charge in [0.15, 0.2) is 11.3 Å². The third-order valence-electron chi connectivity index (χ3n) is 4.93. The molecule has 0 aliphatic heterocycles. The SMILES string of the molecule is N#CNC(=NCCOc1ccc(Cl)cc1)Nc1cccnc1.S=C(NCCOc1ccc(Cl)cc1)Nc1cccnc1. The molecular formula is C29H28Cl2N8O2S. The fourth-order valence-corrected chi connectivity index (χ4v) is 3.54. The molecule has 0 aliphatic carbocycles. The number of nitrogens with one attached hydrogen (secondary N) is 4. The topological polar surface area (TPSA) is 129 Å². The number of ether oxygens (including phenoxy) is 2. The van der Waals surface area contributed by atoms with Crippen molar-refractivity contribution >= 4 is 57.9 Å². The van der Waals surface area contributed by atoms with E-state index >= 15 is 0 Å². The quantitative estimate of drug-likeness (QED) is 0.0433. The lowest BCUT2D eigenvalue weighted by Gasteiger charge is -2.11. The molecule has 2 heterocycles. The molecule has 216 valence electrons. The zero-order valence-electron chi connectivity index (χ0n) is 22.3. The van der Waals surface area contributed by atoms with E-state index in [0.717, 1.165) is 22.9 Å². The predicted octanol–water partition coefficient (Wildman–Crippen LogP) is 5.75. The number of aliphatic imine (C=N–C) groups is 1. The molecule has 0 saturated carbocycles. The fourth-order valence-electron chi connectivity index (χ4n) is 3.06. The van der Waals surface area contributed by atoms with Crippen LogP contribution in [0.3, 0.4) is 0 Å². The Labute approximate surface area is 259 Å². The standard InChI is InChI=1S/C15H14ClN5O.C14H14ClN3OS/c16-12-3-5-14(6-4-12)22-9-8-19-15(20-11-17)21-13-2-1-7-18-10-13;15-11-3-5-13(6-4-11)19-9-8-17-14(20)18-12-2-1-7-16-10-12/h1-7,10H,8-9H2,(H2,19,20,21);1-7,10H,8-9H2,(H2,17,18,20). The summed E-state index contributed by atoms with van der Waals surface area (Å²) in [6.07, 6.45) is 8.55. The molecular weight excluding hydrogens is 595 g/mol. The van der Waals surface area contributed by atoms with Crippen LogP contribution in [0.25, 0.3) is 0 Å². The van der Waals surface area contributed by atoms with Gasteiger partial charge in [-0.05, 0) is 85.0 Å². The maximum absolute atomic E-state index is 8.73. The van der Waals surface area contributed by atoms with Crippen molar-refractivity contribution in [1.29, 1.82) is 5.26 Å². The number of thiocarbonyl (C=S) groups is 1. The van der Waals surface area contributed by atoms with E-state index in [1.165, 1.54) is 0 Å². The van der Waals surface area contributed by atoms with Crippen molar-refractivity contribution in [3.8, 4) is 17.7 Å². The summed E-state index contributed by atoms with van der Waals surface area (Å²) >= 11 is 16.8. The third kappa shape index (κ3) is 13.1. The highest BCUT2D eigenvalue weighted by Gasteiger charge is 2.00. The Morgan fingerprint density at radius 1 is 0.810 bits per heavy atom. The Balaban J connectivity index is 0.000000231. The zero-order chi connectivity index (χ0) is 29.8. The number of rotatable bonds is 10. The van der Waals surface area contributed by atoms with Crippen LogP contribution in [0.5, 0.6) is 11.5 Å². The number of aromatic nitrogens is 2. The average Bonchev–Trinajstić information content (AvgIpc) is 3.01. The number of hydrogen-bond acceptors (Lipinski definition) is 7. The lowest BCUT2D eigenvalue weighted by atomic mass is 10.3. The number of nitrogens with zero attached hydrogens (tertiary/aromatic N) is 4. The van der Waals surface area contributed by atoms with Gasteiger partial charge in [0.1, 0.15) is 24.7 Å². The predicted molar refractivity (Wildman–Crippen MR) is 171 cm³/mol. The summed E-state index contributed by atoms with van der Waals surface area (Å²) in [6, 6.07) is 21.7. The highest BCUT2D eigenvalue weighted by Crippen LogP contribution is 2.16. The minimum atomic E-state index is 0.343. The normalized spacial score (nSPS) is 10.3. The molecule has 0 radical (unpaired) electrons. The maximum Gasteiger partial charge on any atom is 0.209 e. The first-order valence-corrected chi connectivity index (χ1v) is 13.8. The molecule has 0 aliphatic rings. The van der Waals surface area contributed by atoms with Crippen LogP contribution in [0.1, 0.15) is 0 Å². The zero-order valence-corrected chi connectivity index (χ0v) is 24.7. The van der Waals surface area contributed by atoms with Crippen molar-refractivity contribution in [3.63, 3.8) is 0 Å². The van der Waals surface area contributed by atoms with Gasteiger partial charge < -0.3 is 25.4 Å². The summed E-state index contributed by atoms with van der Waals surface area (Å²) in [6.45, 7) is 1.89. The summed E-state index contributed by atoms with van der Waals surface area (Å²) < 4.78 is 11.1. The first-order chi connectivity index (χ1) is 20.5. The van der Waals surface area contributed by atoms with Gasteiger partial charge in [-0.1, -0.05) is 23.2 Å². The van der Waals surface area contributed by atoms with Gasteiger partial charge in [0.25, 0.3) is 0 Å². The first-order valence-electron chi connectivity index (χ1n) is 12.6. The van der Waals surface area contributed by atoms with Gasteiger partial charge in [0.2, 0.25) is 5.96 Å². The van der Waals surface area contributed by atoms with Crippen LogP contribution >= 0.6 is 35.4 Å². The van der Waals surface area contributed by atoms with Crippen LogP contribution in [0, 0.1) is 11.5 Å². The molecule has 0 amide bonds. The largest absolute Gasteiger partial charge is 0.492 e. The highest BCUT2D eigenvalue weighted by molar-refractivity contribution is 7.80. The first kappa shape index (κ1) is 31.9. The molecule has 4 N–H and O–H groups in total. The molecule has 0 atom stereocenters. The molecule has 0 unspecified atom stereocenters. The highest BCUT2D eigenvalue weighted by atomic mass is 35.5. The second kappa shape index (κ2) is 18.7. The van der Waals surface area contributed by atoms with Crippen LogP contribution < -0.4 is 30.7 Å². The van der Waals surface area contributed by atoms with E-state index in [1.54, 1.807) is 67.3 Å². The molecule has 10 nitrogen and oxygen atoms in total. The van der Waals surface area contributed by atoms with Crippen molar-refractivity contribution in [2.45, 2.75) is 0 Å². The third-order valence-corrected chi connectivity index (χ3v) is 5.68. The van der Waals surface area contributed by atoms with Gasteiger partial charge in [-0.3, -0.25) is 15.3 Å². The minimum absolute atomic E-state index is 0.343. The van der Waals surface area contributed by atoms with Gasteiger partial charge in [-0.15, -0.1) is 0 Å². The van der Waals surface area contributed by atoms with Crippen LogP contribution in [-0.4, -0.2) is 47.3 Å². The molecule has 0 fully saturated rings. The Morgan fingerprint density at radius 2 is 1.36 bits per heavy atom. The minimum Gasteiger partial charge on any atom is -0.492 e. The summed E-state index contributed by atoms with van der Waals surface area (Å²) in [5.74, 6) is 1.84. The number of benzene rings is 2. The number of hydrogen-bond donors (Lipinski definition) is 4. The number of halogens is 2. The van der Waals surface area contributed by atoms with Gasteiger partial charge in [0, 0.05) is 22.4 Å². The Bertz CT molecular complexity index is 1420. The number of guanidine groups is 1. The lowest BCUT2D eigenvalue weighted by molar-refractivity contribution is 0.323. The van der Waals surface area contributed by atoms with Crippen LogP contribution in [0.4, 0.5) is 11.4 Å². The van der Waals surface area contributed by atoms with E-state index in [1.807, 2.05) is 36.5 Å². The summed E-state index contributed by atoms with van der Waals surface area (Å²) in [4.78, 5) is 12.2. The number of pyridine rings is 2. The van der Waals surface area contributed by atoms with Gasteiger partial charge in [-0.2, -0.15) is 5.26 Å². The van der Waals surface area contributed by atoms with E-state index in [-0.39, 0.29) is 0 Å². The average molecular weight is 624 g/mol. The monoisotopic (exact) mass is 622 g/mol. The molecule has 0 spiro atoms. The summed E-state index contributed by atoms with van der Waals surface area (Å²) in [5.41, 5.74) is 1.59. The van der Waals surface area contributed by atoms with Crippen LogP contribution in [-0.2, 0) is 0 Å². The number of anilines is 2. The molecule has 4 aromatic rings. The van der Waals surface area contributed by atoms with E-state index in [0.29, 0.717) is 47.4 Å². The maximum atomic E-state index is 8.73. The molecule has 2 aromatic carbocycles. The van der Waals surface area contributed by atoms with Crippen molar-refractivity contribution in [3.05, 3.63) is 108 Å².